The molecule has 0 aliphatic carbocycles. The van der Waals surface area contributed by atoms with Gasteiger partial charge in [-0.3, -0.25) is 19.2 Å². The molecule has 3 aromatic carbocycles. The van der Waals surface area contributed by atoms with Crippen molar-refractivity contribution in [2.75, 3.05) is 45.6 Å². The van der Waals surface area contributed by atoms with Gasteiger partial charge in [-0.25, -0.2) is 4.79 Å². The van der Waals surface area contributed by atoms with Crippen molar-refractivity contribution in [1.29, 1.82) is 0 Å². The molecule has 1 aromatic heterocycles. The van der Waals surface area contributed by atoms with E-state index in [0.717, 1.165) is 10.4 Å². The quantitative estimate of drug-likeness (QED) is 0.0743. The maximum atomic E-state index is 13.9. The highest BCUT2D eigenvalue weighted by Gasteiger charge is 2.31. The number of nitrogens with one attached hydrogen (secondary N) is 3. The van der Waals surface area contributed by atoms with Gasteiger partial charge in [0, 0.05) is 46.1 Å². The first-order chi connectivity index (χ1) is 26.5. The van der Waals surface area contributed by atoms with Crippen molar-refractivity contribution in [3.8, 4) is 17.2 Å². The molecule has 1 aliphatic rings. The van der Waals surface area contributed by atoms with Crippen molar-refractivity contribution < 1.29 is 42.9 Å². The predicted molar refractivity (Wildman–Crippen MR) is 212 cm³/mol. The molecule has 0 spiro atoms. The van der Waals surface area contributed by atoms with E-state index in [0.29, 0.717) is 75.5 Å². The Hall–Kier alpha value is -5.80. The number of thiophene rings is 1. The zero-order valence-electron chi connectivity index (χ0n) is 31.3. The molecular formula is C40H42N4O9S2. The Labute approximate surface area is 327 Å². The molecule has 2 heterocycles. The minimum atomic E-state index is -0.617. The van der Waals surface area contributed by atoms with Crippen LogP contribution in [0.2, 0.25) is 0 Å². The zero-order valence-corrected chi connectivity index (χ0v) is 32.9. The third kappa shape index (κ3) is 9.66. The first-order valence-corrected chi connectivity index (χ1v) is 18.9. The SMILES string of the molecule is CCC(Sc1cccc(NC(=O)/C(=C\c2cc(OC)c(OC)cc2OC)NC(=O)c2ccccc2)c1)C(=O)Nc1sc2c(c1C(=O)OC)CCN(C(C)=O)C2. The number of rotatable bonds is 14. The Morgan fingerprint density at radius 1 is 0.891 bits per heavy atom. The van der Waals surface area contributed by atoms with Crippen molar-refractivity contribution in [2.24, 2.45) is 0 Å². The lowest BCUT2D eigenvalue weighted by molar-refractivity contribution is -0.129. The van der Waals surface area contributed by atoms with Crippen LogP contribution in [0.1, 0.15) is 57.0 Å². The smallest absolute Gasteiger partial charge is 0.341 e. The fraction of sp³-hybridized carbons (Fsp3) is 0.275. The number of ether oxygens (including phenoxy) is 4. The maximum absolute atomic E-state index is 13.9. The molecule has 288 valence electrons. The summed E-state index contributed by atoms with van der Waals surface area (Å²) in [6.45, 7) is 4.21. The monoisotopic (exact) mass is 786 g/mol. The molecule has 4 aromatic rings. The number of carbonyl (C=O) groups excluding carboxylic acids is 5. The summed E-state index contributed by atoms with van der Waals surface area (Å²) in [6.07, 6.45) is 2.41. The van der Waals surface area contributed by atoms with Crippen LogP contribution in [0, 0.1) is 0 Å². The largest absolute Gasteiger partial charge is 0.496 e. The lowest BCUT2D eigenvalue weighted by atomic mass is 10.0. The van der Waals surface area contributed by atoms with E-state index in [4.69, 9.17) is 18.9 Å². The van der Waals surface area contributed by atoms with Crippen LogP contribution in [-0.2, 0) is 32.1 Å². The predicted octanol–water partition coefficient (Wildman–Crippen LogP) is 6.38. The molecular weight excluding hydrogens is 745 g/mol. The van der Waals surface area contributed by atoms with E-state index in [1.54, 1.807) is 65.6 Å². The molecule has 15 heteroatoms. The van der Waals surface area contributed by atoms with Crippen LogP contribution in [0.3, 0.4) is 0 Å². The fourth-order valence-corrected chi connectivity index (χ4v) is 8.13. The fourth-order valence-electron chi connectivity index (χ4n) is 5.87. The average molecular weight is 787 g/mol. The average Bonchev–Trinajstić information content (AvgIpc) is 3.56. The van der Waals surface area contributed by atoms with Gasteiger partial charge in [-0.2, -0.15) is 0 Å². The van der Waals surface area contributed by atoms with Gasteiger partial charge in [0.2, 0.25) is 11.8 Å². The Balaban J connectivity index is 1.37. The van der Waals surface area contributed by atoms with Gasteiger partial charge in [-0.05, 0) is 60.9 Å². The minimum absolute atomic E-state index is 0.0626. The van der Waals surface area contributed by atoms with E-state index in [2.05, 4.69) is 16.0 Å². The van der Waals surface area contributed by atoms with Crippen molar-refractivity contribution in [3.63, 3.8) is 0 Å². The van der Waals surface area contributed by atoms with Crippen molar-refractivity contribution in [3.05, 3.63) is 99.6 Å². The van der Waals surface area contributed by atoms with Crippen LogP contribution >= 0.6 is 23.1 Å². The molecule has 13 nitrogen and oxygen atoms in total. The van der Waals surface area contributed by atoms with E-state index < -0.39 is 23.0 Å². The number of hydrogen-bond acceptors (Lipinski definition) is 11. The van der Waals surface area contributed by atoms with Gasteiger partial charge in [-0.1, -0.05) is 31.2 Å². The first kappa shape index (κ1) is 40.4. The van der Waals surface area contributed by atoms with Crippen molar-refractivity contribution >= 4 is 69.5 Å². The van der Waals surface area contributed by atoms with E-state index in [-0.39, 0.29) is 17.5 Å². The lowest BCUT2D eigenvalue weighted by Gasteiger charge is -2.25. The normalized spacial score (nSPS) is 12.8. The molecule has 5 rings (SSSR count). The second-order valence-corrected chi connectivity index (χ2v) is 14.6. The van der Waals surface area contributed by atoms with Crippen molar-refractivity contribution in [1.82, 2.24) is 10.2 Å². The molecule has 55 heavy (non-hydrogen) atoms. The Kier molecular flexibility index (Phi) is 13.6. The van der Waals surface area contributed by atoms with Gasteiger partial charge in [-0.15, -0.1) is 23.1 Å². The molecule has 0 saturated heterocycles. The van der Waals surface area contributed by atoms with E-state index in [9.17, 15) is 24.0 Å². The van der Waals surface area contributed by atoms with Gasteiger partial charge < -0.3 is 39.8 Å². The molecule has 0 radical (unpaired) electrons. The summed E-state index contributed by atoms with van der Waals surface area (Å²) in [5.74, 6) is -0.857. The molecule has 0 saturated carbocycles. The summed E-state index contributed by atoms with van der Waals surface area (Å²) in [5, 5.41) is 8.36. The van der Waals surface area contributed by atoms with E-state index in [1.807, 2.05) is 13.0 Å². The standard InChI is InChI=1S/C40H42N4O9S2/c1-7-33(38(48)43-39-35(40(49)53-6)28-16-17-44(23(2)45)22-34(28)55-39)54-27-15-11-14-26(20-27)41-37(47)29(42-36(46)24-12-9-8-10-13-24)18-25-19-31(51-4)32(52-5)21-30(25)50-3/h8-15,18-21,33H,7,16-17,22H2,1-6H3,(H,41,47)(H,42,46)(H,43,48)/b29-18+. The third-order valence-electron chi connectivity index (χ3n) is 8.73. The van der Waals surface area contributed by atoms with Crippen LogP contribution in [0.25, 0.3) is 6.08 Å². The highest BCUT2D eigenvalue weighted by molar-refractivity contribution is 8.00. The summed E-state index contributed by atoms with van der Waals surface area (Å²) in [6, 6.07) is 18.7. The number of anilines is 2. The summed E-state index contributed by atoms with van der Waals surface area (Å²) >= 11 is 2.56. The van der Waals surface area contributed by atoms with Gasteiger partial charge in [0.15, 0.2) is 11.5 Å². The number of carbonyl (C=O) groups is 5. The number of nitrogens with zero attached hydrogens (tertiary/aromatic N) is 1. The third-order valence-corrected chi connectivity index (χ3v) is 11.2. The molecule has 1 atom stereocenters. The second-order valence-electron chi connectivity index (χ2n) is 12.2. The second kappa shape index (κ2) is 18.5. The Morgan fingerprint density at radius 2 is 1.60 bits per heavy atom. The van der Waals surface area contributed by atoms with Gasteiger partial charge in [0.1, 0.15) is 16.4 Å². The number of methoxy groups -OCH3 is 4. The first-order valence-electron chi connectivity index (χ1n) is 17.2. The Morgan fingerprint density at radius 3 is 2.25 bits per heavy atom. The molecule has 0 fully saturated rings. The topological polar surface area (TPSA) is 162 Å². The van der Waals surface area contributed by atoms with Crippen LogP contribution in [0.5, 0.6) is 17.2 Å². The van der Waals surface area contributed by atoms with Crippen LogP contribution in [-0.4, -0.2) is 74.7 Å². The van der Waals surface area contributed by atoms with Gasteiger partial charge in [0.05, 0.1) is 45.8 Å². The number of esters is 1. The molecule has 4 amide bonds. The maximum Gasteiger partial charge on any atom is 0.341 e. The highest BCUT2D eigenvalue weighted by Crippen LogP contribution is 2.39. The summed E-state index contributed by atoms with van der Waals surface area (Å²) < 4.78 is 21.5. The number of amides is 4. The van der Waals surface area contributed by atoms with E-state index in [1.165, 1.54) is 64.5 Å². The van der Waals surface area contributed by atoms with Crippen LogP contribution in [0.15, 0.2) is 77.3 Å². The van der Waals surface area contributed by atoms with Gasteiger partial charge >= 0.3 is 5.97 Å². The number of fused-ring (bicyclic) bond motifs is 1. The molecule has 3 N–H and O–H groups in total. The summed E-state index contributed by atoms with van der Waals surface area (Å²) in [4.78, 5) is 69.0. The highest BCUT2D eigenvalue weighted by atomic mass is 32.2. The number of benzene rings is 3. The Bertz CT molecular complexity index is 2120. The summed E-state index contributed by atoms with van der Waals surface area (Å²) in [7, 11) is 5.75. The summed E-state index contributed by atoms with van der Waals surface area (Å²) in [5.41, 5.74) is 2.23. The van der Waals surface area contributed by atoms with E-state index >= 15 is 0 Å². The molecule has 0 bridgehead atoms. The molecule has 1 aliphatic heterocycles. The van der Waals surface area contributed by atoms with Crippen LogP contribution < -0.4 is 30.2 Å². The lowest BCUT2D eigenvalue weighted by Crippen LogP contribution is -2.34. The molecule has 1 unspecified atom stereocenters. The van der Waals surface area contributed by atoms with Gasteiger partial charge in [0.25, 0.3) is 11.8 Å². The minimum Gasteiger partial charge on any atom is -0.496 e. The number of hydrogen-bond donors (Lipinski definition) is 3. The van der Waals surface area contributed by atoms with Crippen molar-refractivity contribution in [2.45, 2.75) is 43.4 Å². The number of thioether (sulfide) groups is 1. The van der Waals surface area contributed by atoms with Crippen LogP contribution in [0.4, 0.5) is 10.7 Å². The zero-order chi connectivity index (χ0) is 39.6.